The summed E-state index contributed by atoms with van der Waals surface area (Å²) in [6.07, 6.45) is -3.21. The molecule has 1 aliphatic heterocycles. The Kier molecular flexibility index (Phi) is 7.37. The highest BCUT2D eigenvalue weighted by Crippen LogP contribution is 2.36. The number of aryl methyl sites for hydroxylation is 1. The molecule has 5 rings (SSSR count). The molecular weight excluding hydrogens is 475 g/mol. The molecular formula is C26H24F3N3O4. The predicted octanol–water partition coefficient (Wildman–Crippen LogP) is 3.73. The van der Waals surface area contributed by atoms with Gasteiger partial charge in [0.15, 0.2) is 0 Å². The normalized spacial score (nSPS) is 12.2. The first-order chi connectivity index (χ1) is 17.2. The van der Waals surface area contributed by atoms with Crippen molar-refractivity contribution in [2.24, 2.45) is 0 Å². The second-order valence-electron chi connectivity index (χ2n) is 8.32. The molecule has 4 aromatic rings. The average Bonchev–Trinajstić information content (AvgIpc) is 3.22. The van der Waals surface area contributed by atoms with Crippen molar-refractivity contribution < 1.29 is 28.2 Å². The standard InChI is InChI=1S/C24H23N3O2.C2HF3O2/c28-13-12-25-11-5-9-18-19-8-3-4-10-21(19)26-23-20(18)15-27-22(23)14-16-6-1-2-7-17(16)24(27)29;3-2(4,5)1(6)7/h1-4,6-8,10,14,25,28H,5,9,11-13,15H2;(H,6,7). The van der Waals surface area contributed by atoms with Gasteiger partial charge in [-0.05, 0) is 48.5 Å². The number of para-hydroxylation sites is 1. The van der Waals surface area contributed by atoms with Crippen LogP contribution in [0.3, 0.4) is 0 Å². The Morgan fingerprint density at radius 3 is 2.42 bits per heavy atom. The zero-order valence-electron chi connectivity index (χ0n) is 19.2. The molecule has 3 heterocycles. The van der Waals surface area contributed by atoms with Crippen molar-refractivity contribution in [3.05, 3.63) is 76.1 Å². The maximum atomic E-state index is 13.1. The smallest absolute Gasteiger partial charge is 0.475 e. The van der Waals surface area contributed by atoms with Gasteiger partial charge in [-0.1, -0.05) is 36.4 Å². The van der Waals surface area contributed by atoms with Gasteiger partial charge in [-0.25, -0.2) is 9.78 Å². The van der Waals surface area contributed by atoms with Crippen LogP contribution in [0, 0.1) is 0 Å². The number of rotatable bonds is 6. The van der Waals surface area contributed by atoms with E-state index >= 15 is 0 Å². The highest BCUT2D eigenvalue weighted by Gasteiger charge is 2.38. The van der Waals surface area contributed by atoms with E-state index < -0.39 is 12.1 Å². The van der Waals surface area contributed by atoms with Gasteiger partial charge in [-0.3, -0.25) is 4.79 Å². The minimum atomic E-state index is -5.08. The number of carbonyl (C=O) groups is 1. The minimum absolute atomic E-state index is 0.0516. The summed E-state index contributed by atoms with van der Waals surface area (Å²) >= 11 is 0. The fraction of sp³-hybridized carbons (Fsp3) is 0.269. The zero-order chi connectivity index (χ0) is 25.9. The molecule has 2 aromatic carbocycles. The molecule has 188 valence electrons. The van der Waals surface area contributed by atoms with Crippen molar-refractivity contribution in [2.75, 3.05) is 19.7 Å². The van der Waals surface area contributed by atoms with Crippen LogP contribution < -0.4 is 10.9 Å². The van der Waals surface area contributed by atoms with Crippen molar-refractivity contribution >= 4 is 27.6 Å². The van der Waals surface area contributed by atoms with E-state index in [9.17, 15) is 18.0 Å². The summed E-state index contributed by atoms with van der Waals surface area (Å²) in [7, 11) is 0. The first-order valence-corrected chi connectivity index (χ1v) is 11.4. The molecule has 0 fully saturated rings. The highest BCUT2D eigenvalue weighted by atomic mass is 19.4. The lowest BCUT2D eigenvalue weighted by Crippen LogP contribution is -2.21. The van der Waals surface area contributed by atoms with E-state index in [0.717, 1.165) is 47.1 Å². The average molecular weight is 499 g/mol. The van der Waals surface area contributed by atoms with Crippen molar-refractivity contribution in [1.82, 2.24) is 14.9 Å². The third-order valence-corrected chi connectivity index (χ3v) is 6.00. The summed E-state index contributed by atoms with van der Waals surface area (Å²) in [5.74, 6) is -2.76. The highest BCUT2D eigenvalue weighted by molar-refractivity contribution is 5.91. The van der Waals surface area contributed by atoms with Gasteiger partial charge in [0, 0.05) is 22.9 Å². The number of fused-ring (bicyclic) bond motifs is 5. The molecule has 0 amide bonds. The number of aromatic nitrogens is 2. The van der Waals surface area contributed by atoms with Gasteiger partial charge in [-0.15, -0.1) is 0 Å². The summed E-state index contributed by atoms with van der Waals surface area (Å²) in [5.41, 5.74) is 5.31. The van der Waals surface area contributed by atoms with Crippen LogP contribution in [0.5, 0.6) is 0 Å². The number of hydrogen-bond acceptors (Lipinski definition) is 5. The van der Waals surface area contributed by atoms with Crippen LogP contribution >= 0.6 is 0 Å². The van der Waals surface area contributed by atoms with E-state index in [2.05, 4.69) is 17.4 Å². The van der Waals surface area contributed by atoms with Crippen LogP contribution in [0.4, 0.5) is 13.2 Å². The number of nitrogens with one attached hydrogen (secondary N) is 1. The number of carboxylic acids is 1. The fourth-order valence-corrected chi connectivity index (χ4v) is 4.39. The number of carboxylic acid groups (broad SMARTS) is 1. The molecule has 0 saturated heterocycles. The quantitative estimate of drug-likeness (QED) is 0.308. The molecule has 0 saturated carbocycles. The van der Waals surface area contributed by atoms with E-state index in [0.29, 0.717) is 13.1 Å². The summed E-state index contributed by atoms with van der Waals surface area (Å²) in [6, 6.07) is 18.1. The predicted molar refractivity (Wildman–Crippen MR) is 130 cm³/mol. The van der Waals surface area contributed by atoms with Gasteiger partial charge in [-0.2, -0.15) is 13.2 Å². The number of alkyl halides is 3. The monoisotopic (exact) mass is 499 g/mol. The summed E-state index contributed by atoms with van der Waals surface area (Å²) in [5, 5.41) is 22.2. The molecule has 0 radical (unpaired) electrons. The van der Waals surface area contributed by atoms with E-state index in [4.69, 9.17) is 20.0 Å². The summed E-state index contributed by atoms with van der Waals surface area (Å²) in [6.45, 7) is 2.19. The number of benzene rings is 2. The summed E-state index contributed by atoms with van der Waals surface area (Å²) < 4.78 is 33.6. The van der Waals surface area contributed by atoms with Crippen LogP contribution in [-0.4, -0.2) is 51.6 Å². The molecule has 2 aromatic heterocycles. The van der Waals surface area contributed by atoms with Crippen LogP contribution in [0.2, 0.25) is 0 Å². The van der Waals surface area contributed by atoms with E-state index in [1.165, 1.54) is 16.5 Å². The Hall–Kier alpha value is -3.76. The number of aliphatic hydroxyl groups is 1. The van der Waals surface area contributed by atoms with E-state index in [1.807, 2.05) is 47.0 Å². The number of aliphatic carboxylic acids is 1. The minimum Gasteiger partial charge on any atom is -0.475 e. The molecule has 0 atom stereocenters. The first-order valence-electron chi connectivity index (χ1n) is 11.4. The molecule has 3 N–H and O–H groups in total. The Morgan fingerprint density at radius 2 is 1.72 bits per heavy atom. The van der Waals surface area contributed by atoms with E-state index in [1.54, 1.807) is 0 Å². The van der Waals surface area contributed by atoms with Gasteiger partial charge < -0.3 is 20.1 Å². The first kappa shape index (κ1) is 25.3. The number of nitrogens with zero attached hydrogens (tertiary/aromatic N) is 2. The number of pyridine rings is 2. The van der Waals surface area contributed by atoms with Crippen LogP contribution in [0.15, 0.2) is 59.4 Å². The van der Waals surface area contributed by atoms with Gasteiger partial charge >= 0.3 is 12.1 Å². The second kappa shape index (κ2) is 10.5. The molecule has 0 spiro atoms. The van der Waals surface area contributed by atoms with Gasteiger partial charge in [0.05, 0.1) is 30.1 Å². The van der Waals surface area contributed by atoms with Crippen molar-refractivity contribution in [3.63, 3.8) is 0 Å². The maximum Gasteiger partial charge on any atom is 0.490 e. The maximum absolute atomic E-state index is 13.1. The number of halogens is 3. The third kappa shape index (κ3) is 5.09. The van der Waals surface area contributed by atoms with Crippen LogP contribution in [0.1, 0.15) is 17.5 Å². The SMILES string of the molecule is O=C(O)C(F)(F)F.O=c1c2ccccc2cc2n1Cc1c-2nc2ccccc2c1CCCNCCO. The lowest BCUT2D eigenvalue weighted by atomic mass is 9.96. The Morgan fingerprint density at radius 1 is 1.06 bits per heavy atom. The van der Waals surface area contributed by atoms with Crippen molar-refractivity contribution in [3.8, 4) is 11.4 Å². The molecule has 7 nitrogen and oxygen atoms in total. The molecule has 10 heteroatoms. The molecule has 0 aliphatic carbocycles. The summed E-state index contributed by atoms with van der Waals surface area (Å²) in [4.78, 5) is 27.0. The fourth-order valence-electron chi connectivity index (χ4n) is 4.39. The lowest BCUT2D eigenvalue weighted by Gasteiger charge is -2.12. The molecule has 0 unspecified atom stereocenters. The van der Waals surface area contributed by atoms with E-state index in [-0.39, 0.29) is 12.2 Å². The van der Waals surface area contributed by atoms with Gasteiger partial charge in [0.1, 0.15) is 0 Å². The van der Waals surface area contributed by atoms with Crippen molar-refractivity contribution in [1.29, 1.82) is 0 Å². The second-order valence-corrected chi connectivity index (χ2v) is 8.32. The number of aliphatic hydroxyl groups excluding tert-OH is 1. The lowest BCUT2D eigenvalue weighted by molar-refractivity contribution is -0.192. The van der Waals surface area contributed by atoms with Gasteiger partial charge in [0.2, 0.25) is 0 Å². The Balaban J connectivity index is 0.000000384. The Labute approximate surface area is 203 Å². The molecule has 0 bridgehead atoms. The topological polar surface area (TPSA) is 104 Å². The van der Waals surface area contributed by atoms with Crippen molar-refractivity contribution in [2.45, 2.75) is 25.6 Å². The van der Waals surface area contributed by atoms with Gasteiger partial charge in [0.25, 0.3) is 5.56 Å². The largest absolute Gasteiger partial charge is 0.490 e. The molecule has 1 aliphatic rings. The third-order valence-electron chi connectivity index (χ3n) is 6.00. The number of hydrogen-bond donors (Lipinski definition) is 3. The molecule has 36 heavy (non-hydrogen) atoms. The van der Waals surface area contributed by atoms with Crippen LogP contribution in [-0.2, 0) is 17.8 Å². The van der Waals surface area contributed by atoms with Crippen LogP contribution in [0.25, 0.3) is 33.1 Å². The Bertz CT molecular complexity index is 1480. The zero-order valence-corrected chi connectivity index (χ0v) is 19.2.